The standard InChI is InChI=1S/C13H20NO5P/c1-5-16-20(12(3)4,17-6-2,19-14-15)18-13-10-8-7-9-11-13/h7-11H,3,5-6H2,1-2,4H3. The Morgan fingerprint density at radius 3 is 2.15 bits per heavy atom. The van der Waals surface area contributed by atoms with E-state index in [1.807, 2.05) is 6.07 Å². The molecule has 0 heterocycles. The van der Waals surface area contributed by atoms with Crippen LogP contribution in [-0.2, 0) is 13.7 Å². The van der Waals surface area contributed by atoms with Gasteiger partial charge in [-0.2, -0.15) is 0 Å². The average Bonchev–Trinajstić information content (AvgIpc) is 2.40. The third kappa shape index (κ3) is 3.15. The molecule has 0 spiro atoms. The summed E-state index contributed by atoms with van der Waals surface area (Å²) in [4.78, 5) is 10.7. The summed E-state index contributed by atoms with van der Waals surface area (Å²) in [5.41, 5.74) is 0. The number of nitrogens with zero attached hydrogens (tertiary/aromatic N) is 1. The van der Waals surface area contributed by atoms with Crippen molar-refractivity contribution in [1.82, 2.24) is 0 Å². The first kappa shape index (κ1) is 16.6. The number of benzene rings is 1. The molecule has 112 valence electrons. The van der Waals surface area contributed by atoms with E-state index in [0.717, 1.165) is 0 Å². The van der Waals surface area contributed by atoms with Crippen LogP contribution in [0.3, 0.4) is 0 Å². The summed E-state index contributed by atoms with van der Waals surface area (Å²) in [6.45, 7) is 9.35. The number of allylic oxidation sites excluding steroid dienone is 1. The molecular formula is C13H20NO5P. The van der Waals surface area contributed by atoms with Gasteiger partial charge in [0, 0.05) is 0 Å². The molecule has 0 aliphatic carbocycles. The fourth-order valence-electron chi connectivity index (χ4n) is 1.69. The van der Waals surface area contributed by atoms with Crippen molar-refractivity contribution in [2.75, 3.05) is 13.2 Å². The van der Waals surface area contributed by atoms with E-state index >= 15 is 0 Å². The Labute approximate surface area is 118 Å². The molecule has 0 radical (unpaired) electrons. The monoisotopic (exact) mass is 301 g/mol. The number of para-hydroxylation sites is 1. The third-order valence-electron chi connectivity index (χ3n) is 2.51. The Kier molecular flexibility index (Phi) is 5.62. The SMILES string of the molecule is C=C(C)P(OCC)(OCC)(ON=O)Oc1ccccc1. The van der Waals surface area contributed by atoms with Gasteiger partial charge >= 0.3 is 118 Å². The molecule has 7 heteroatoms. The van der Waals surface area contributed by atoms with Gasteiger partial charge in [0.1, 0.15) is 0 Å². The predicted molar refractivity (Wildman–Crippen MR) is 78.9 cm³/mol. The van der Waals surface area contributed by atoms with Gasteiger partial charge in [0.2, 0.25) is 0 Å². The van der Waals surface area contributed by atoms with Gasteiger partial charge in [-0.25, -0.2) is 0 Å². The van der Waals surface area contributed by atoms with Crippen LogP contribution in [0.5, 0.6) is 5.75 Å². The molecule has 0 aromatic heterocycles. The molecule has 0 aliphatic heterocycles. The molecule has 0 saturated heterocycles. The second-order valence-corrected chi connectivity index (χ2v) is 7.19. The molecule has 0 N–H and O–H groups in total. The van der Waals surface area contributed by atoms with Crippen LogP contribution in [0.25, 0.3) is 0 Å². The first-order valence-corrected chi connectivity index (χ1v) is 8.19. The van der Waals surface area contributed by atoms with Gasteiger partial charge in [-0.05, 0) is 0 Å². The van der Waals surface area contributed by atoms with E-state index in [2.05, 4.69) is 11.9 Å². The van der Waals surface area contributed by atoms with Gasteiger partial charge in [0.05, 0.1) is 0 Å². The summed E-state index contributed by atoms with van der Waals surface area (Å²) >= 11 is 0. The fraction of sp³-hybridized carbons (Fsp3) is 0.385. The molecule has 0 bridgehead atoms. The summed E-state index contributed by atoms with van der Waals surface area (Å²) in [5, 5.41) is 2.84. The van der Waals surface area contributed by atoms with Crippen LogP contribution >= 0.6 is 7.51 Å². The molecule has 0 fully saturated rings. The van der Waals surface area contributed by atoms with Crippen LogP contribution < -0.4 is 4.52 Å². The van der Waals surface area contributed by atoms with Crippen molar-refractivity contribution in [2.24, 2.45) is 5.34 Å². The quantitative estimate of drug-likeness (QED) is 0.379. The van der Waals surface area contributed by atoms with Crippen LogP contribution in [-0.4, -0.2) is 13.2 Å². The van der Waals surface area contributed by atoms with Gasteiger partial charge in [0.25, 0.3) is 0 Å². The summed E-state index contributed by atoms with van der Waals surface area (Å²) in [7, 11) is -4.33. The molecule has 0 saturated carbocycles. The van der Waals surface area contributed by atoms with Gasteiger partial charge in [-0.1, -0.05) is 0 Å². The second-order valence-electron chi connectivity index (χ2n) is 3.94. The number of rotatable bonds is 9. The van der Waals surface area contributed by atoms with Crippen molar-refractivity contribution in [3.8, 4) is 5.75 Å². The van der Waals surface area contributed by atoms with Gasteiger partial charge in [-0.3, -0.25) is 0 Å². The van der Waals surface area contributed by atoms with Crippen molar-refractivity contribution in [3.05, 3.63) is 47.1 Å². The molecule has 0 aliphatic rings. The van der Waals surface area contributed by atoms with Crippen LogP contribution in [0.2, 0.25) is 0 Å². The number of hydrogen-bond donors (Lipinski definition) is 0. The summed E-state index contributed by atoms with van der Waals surface area (Å²) < 4.78 is 22.1. The predicted octanol–water partition coefficient (Wildman–Crippen LogP) is 4.58. The molecule has 20 heavy (non-hydrogen) atoms. The molecule has 1 aromatic rings. The zero-order valence-corrected chi connectivity index (χ0v) is 12.8. The minimum atomic E-state index is -4.33. The molecule has 0 atom stereocenters. The number of hydrogen-bond acceptors (Lipinski definition) is 6. The van der Waals surface area contributed by atoms with Crippen molar-refractivity contribution < 1.29 is 18.2 Å². The van der Waals surface area contributed by atoms with Crippen molar-refractivity contribution in [2.45, 2.75) is 20.8 Å². The normalized spacial score (nSPS) is 13.1. The van der Waals surface area contributed by atoms with E-state index in [9.17, 15) is 4.91 Å². The first-order chi connectivity index (χ1) is 9.52. The second kappa shape index (κ2) is 6.79. The van der Waals surface area contributed by atoms with Gasteiger partial charge in [0.15, 0.2) is 0 Å². The zero-order chi connectivity index (χ0) is 15.1. The summed E-state index contributed by atoms with van der Waals surface area (Å²) in [6.07, 6.45) is 0. The Morgan fingerprint density at radius 2 is 1.75 bits per heavy atom. The fourth-order valence-corrected chi connectivity index (χ4v) is 4.22. The molecule has 1 aromatic carbocycles. The molecule has 1 rings (SSSR count). The molecule has 0 amide bonds. The molecular weight excluding hydrogens is 281 g/mol. The van der Waals surface area contributed by atoms with Crippen LogP contribution in [0.1, 0.15) is 20.8 Å². The average molecular weight is 301 g/mol. The van der Waals surface area contributed by atoms with E-state index in [0.29, 0.717) is 11.1 Å². The van der Waals surface area contributed by atoms with Gasteiger partial charge in [-0.15, -0.1) is 0 Å². The van der Waals surface area contributed by atoms with Crippen molar-refractivity contribution in [1.29, 1.82) is 0 Å². The Hall–Kier alpha value is -1.49. The summed E-state index contributed by atoms with van der Waals surface area (Å²) in [5.74, 6) is 0.443. The topological polar surface area (TPSA) is 66.3 Å². The van der Waals surface area contributed by atoms with E-state index in [4.69, 9.17) is 18.2 Å². The first-order valence-electron chi connectivity index (χ1n) is 6.28. The Morgan fingerprint density at radius 1 is 1.20 bits per heavy atom. The Bertz CT molecular complexity index is 459. The Balaban J connectivity index is 3.34. The third-order valence-corrected chi connectivity index (χ3v) is 6.03. The molecule has 0 unspecified atom stereocenters. The molecule has 6 nitrogen and oxygen atoms in total. The van der Waals surface area contributed by atoms with Gasteiger partial charge < -0.3 is 0 Å². The summed E-state index contributed by atoms with van der Waals surface area (Å²) in [6, 6.07) is 8.81. The minimum absolute atomic E-state index is 0.215. The zero-order valence-electron chi connectivity index (χ0n) is 11.9. The van der Waals surface area contributed by atoms with Crippen molar-refractivity contribution >= 4 is 7.51 Å². The van der Waals surface area contributed by atoms with Crippen LogP contribution in [0.15, 0.2) is 47.6 Å². The van der Waals surface area contributed by atoms with Crippen molar-refractivity contribution in [3.63, 3.8) is 0 Å². The van der Waals surface area contributed by atoms with E-state index < -0.39 is 7.51 Å². The van der Waals surface area contributed by atoms with Crippen LogP contribution in [0, 0.1) is 4.91 Å². The van der Waals surface area contributed by atoms with E-state index in [1.165, 1.54) is 0 Å². The van der Waals surface area contributed by atoms with E-state index in [1.54, 1.807) is 45.0 Å². The maximum absolute atomic E-state index is 10.7. The van der Waals surface area contributed by atoms with E-state index in [-0.39, 0.29) is 13.2 Å². The van der Waals surface area contributed by atoms with Crippen LogP contribution in [0.4, 0.5) is 0 Å². The maximum atomic E-state index is 10.7.